The van der Waals surface area contributed by atoms with Crippen molar-refractivity contribution in [2.45, 2.75) is 51.5 Å². The lowest BCUT2D eigenvalue weighted by Gasteiger charge is -2.35. The Morgan fingerprint density at radius 1 is 0.865 bits per heavy atom. The Kier molecular flexibility index (Phi) is 7.73. The molecule has 2 fully saturated rings. The average molecular weight is 497 g/mol. The fraction of sp³-hybridized carbons (Fsp3) is 0.355. The predicted molar refractivity (Wildman–Crippen MR) is 150 cm³/mol. The lowest BCUT2D eigenvalue weighted by molar-refractivity contribution is 0.0951. The van der Waals surface area contributed by atoms with E-state index in [1.165, 1.54) is 5.56 Å². The minimum atomic E-state index is -0.316. The molecule has 3 N–H and O–H groups in total. The minimum absolute atomic E-state index is 0.0655. The van der Waals surface area contributed by atoms with Gasteiger partial charge in [0.05, 0.1) is 5.56 Å². The molecule has 1 heterocycles. The Bertz CT molecular complexity index is 1230. The smallest absolute Gasteiger partial charge is 0.323 e. The van der Waals surface area contributed by atoms with Crippen molar-refractivity contribution >= 4 is 29.0 Å². The Morgan fingerprint density at radius 2 is 1.59 bits per heavy atom. The first kappa shape index (κ1) is 24.9. The van der Waals surface area contributed by atoms with Gasteiger partial charge in [0, 0.05) is 36.2 Å². The van der Waals surface area contributed by atoms with Crippen molar-refractivity contribution in [1.29, 1.82) is 0 Å². The number of nitrogens with zero attached hydrogens (tertiary/aromatic N) is 1. The second kappa shape index (κ2) is 11.5. The first-order chi connectivity index (χ1) is 18.1. The van der Waals surface area contributed by atoms with Crippen LogP contribution in [0.2, 0.25) is 0 Å². The maximum atomic E-state index is 13.2. The molecule has 3 amide bonds. The van der Waals surface area contributed by atoms with Gasteiger partial charge in [-0.15, -0.1) is 0 Å². The number of aryl methyl sites for hydroxylation is 1. The fourth-order valence-corrected chi connectivity index (χ4v) is 5.12. The Hall–Kier alpha value is -3.80. The van der Waals surface area contributed by atoms with E-state index in [2.05, 4.69) is 58.1 Å². The fourth-order valence-electron chi connectivity index (χ4n) is 5.12. The molecule has 192 valence electrons. The van der Waals surface area contributed by atoms with Crippen LogP contribution >= 0.6 is 0 Å². The molecular formula is C31H36N4O2. The number of urea groups is 1. The van der Waals surface area contributed by atoms with Gasteiger partial charge in [-0.2, -0.15) is 0 Å². The van der Waals surface area contributed by atoms with Crippen molar-refractivity contribution in [3.8, 4) is 0 Å². The number of rotatable bonds is 8. The summed E-state index contributed by atoms with van der Waals surface area (Å²) in [4.78, 5) is 28.3. The summed E-state index contributed by atoms with van der Waals surface area (Å²) >= 11 is 0. The van der Waals surface area contributed by atoms with Crippen molar-refractivity contribution in [1.82, 2.24) is 5.32 Å². The SMILES string of the molecule is CCc1ccccc1NC(=O)Nc1ccc(N2CCC(Cc3ccccc3)CC2)c(C(=O)NC2CC2)c1. The maximum absolute atomic E-state index is 13.2. The van der Waals surface area contributed by atoms with Gasteiger partial charge in [0.1, 0.15) is 0 Å². The lowest BCUT2D eigenvalue weighted by Crippen LogP contribution is -2.36. The van der Waals surface area contributed by atoms with E-state index in [-0.39, 0.29) is 18.0 Å². The van der Waals surface area contributed by atoms with Gasteiger partial charge >= 0.3 is 6.03 Å². The van der Waals surface area contributed by atoms with Gasteiger partial charge in [-0.1, -0.05) is 55.5 Å². The highest BCUT2D eigenvalue weighted by Gasteiger charge is 2.28. The molecule has 3 aromatic carbocycles. The molecule has 3 aromatic rings. The molecule has 1 aliphatic heterocycles. The Balaban J connectivity index is 1.28. The molecular weight excluding hydrogens is 460 g/mol. The second-order valence-corrected chi connectivity index (χ2v) is 10.2. The van der Waals surface area contributed by atoms with Gasteiger partial charge < -0.3 is 20.9 Å². The molecule has 0 unspecified atom stereocenters. The van der Waals surface area contributed by atoms with Crippen LogP contribution in [0.3, 0.4) is 0 Å². The number of amides is 3. The summed E-state index contributed by atoms with van der Waals surface area (Å²) in [7, 11) is 0. The van der Waals surface area contributed by atoms with Crippen molar-refractivity contribution in [3.05, 3.63) is 89.5 Å². The molecule has 6 nitrogen and oxygen atoms in total. The molecule has 0 spiro atoms. The maximum Gasteiger partial charge on any atom is 0.323 e. The van der Waals surface area contributed by atoms with E-state index in [1.807, 2.05) is 42.5 Å². The third-order valence-electron chi connectivity index (χ3n) is 7.38. The molecule has 0 bridgehead atoms. The van der Waals surface area contributed by atoms with E-state index in [9.17, 15) is 9.59 Å². The summed E-state index contributed by atoms with van der Waals surface area (Å²) in [5.41, 5.74) is 5.44. The van der Waals surface area contributed by atoms with Crippen LogP contribution in [-0.2, 0) is 12.8 Å². The van der Waals surface area contributed by atoms with Gasteiger partial charge in [-0.25, -0.2) is 4.79 Å². The number of carbonyl (C=O) groups is 2. The molecule has 0 aromatic heterocycles. The summed E-state index contributed by atoms with van der Waals surface area (Å²) in [6, 6.07) is 24.1. The van der Waals surface area contributed by atoms with Gasteiger partial charge in [0.2, 0.25) is 0 Å². The van der Waals surface area contributed by atoms with Crippen molar-refractivity contribution in [2.75, 3.05) is 28.6 Å². The van der Waals surface area contributed by atoms with E-state index in [1.54, 1.807) is 0 Å². The highest BCUT2D eigenvalue weighted by Crippen LogP contribution is 2.31. The number of benzene rings is 3. The number of piperidine rings is 1. The van der Waals surface area contributed by atoms with Crippen molar-refractivity contribution in [3.63, 3.8) is 0 Å². The van der Waals surface area contributed by atoms with Crippen molar-refractivity contribution in [2.24, 2.45) is 5.92 Å². The lowest BCUT2D eigenvalue weighted by atomic mass is 9.89. The van der Waals surface area contributed by atoms with E-state index < -0.39 is 0 Å². The molecule has 0 radical (unpaired) electrons. The molecule has 5 rings (SSSR count). The van der Waals surface area contributed by atoms with Crippen LogP contribution in [0.15, 0.2) is 72.8 Å². The van der Waals surface area contributed by atoms with E-state index >= 15 is 0 Å². The van der Waals surface area contributed by atoms with Crippen LogP contribution in [0.25, 0.3) is 0 Å². The average Bonchev–Trinajstić information content (AvgIpc) is 3.74. The first-order valence-corrected chi connectivity index (χ1v) is 13.5. The predicted octanol–water partition coefficient (Wildman–Crippen LogP) is 6.24. The monoisotopic (exact) mass is 496 g/mol. The van der Waals surface area contributed by atoms with Gasteiger partial charge in [0.15, 0.2) is 0 Å². The molecule has 1 saturated heterocycles. The van der Waals surface area contributed by atoms with Crippen LogP contribution in [0.1, 0.15) is 54.1 Å². The zero-order valence-corrected chi connectivity index (χ0v) is 21.5. The standard InChI is InChI=1S/C31H36N4O2/c1-2-24-10-6-7-11-28(24)34-31(37)33-26-14-15-29(27(21-26)30(36)32-25-12-13-25)35-18-16-23(17-19-35)20-22-8-4-3-5-9-22/h3-11,14-15,21,23,25H,2,12-13,16-20H2,1H3,(H,32,36)(H2,33,34,37). The number of nitrogens with one attached hydrogen (secondary N) is 3. The summed E-state index contributed by atoms with van der Waals surface area (Å²) in [5, 5.41) is 9.00. The molecule has 1 aliphatic carbocycles. The number of hydrogen-bond acceptors (Lipinski definition) is 3. The van der Waals surface area contributed by atoms with E-state index in [4.69, 9.17) is 0 Å². The summed E-state index contributed by atoms with van der Waals surface area (Å²) < 4.78 is 0. The van der Waals surface area contributed by atoms with Gasteiger partial charge in [0.25, 0.3) is 5.91 Å². The zero-order valence-electron chi connectivity index (χ0n) is 21.5. The van der Waals surface area contributed by atoms with Crippen LogP contribution < -0.4 is 20.9 Å². The zero-order chi connectivity index (χ0) is 25.6. The summed E-state index contributed by atoms with van der Waals surface area (Å²) in [6.07, 6.45) is 6.18. The van der Waals surface area contributed by atoms with Crippen LogP contribution in [0.5, 0.6) is 0 Å². The topological polar surface area (TPSA) is 73.5 Å². The summed E-state index contributed by atoms with van der Waals surface area (Å²) in [6.45, 7) is 3.90. The van der Waals surface area contributed by atoms with Gasteiger partial charge in [-0.3, -0.25) is 4.79 Å². The third kappa shape index (κ3) is 6.50. The van der Waals surface area contributed by atoms with E-state index in [0.717, 1.165) is 68.6 Å². The molecule has 6 heteroatoms. The van der Waals surface area contributed by atoms with Crippen LogP contribution in [0.4, 0.5) is 21.9 Å². The number of para-hydroxylation sites is 1. The highest BCUT2D eigenvalue weighted by molar-refractivity contribution is 6.04. The third-order valence-corrected chi connectivity index (χ3v) is 7.38. The van der Waals surface area contributed by atoms with E-state index in [0.29, 0.717) is 17.2 Å². The second-order valence-electron chi connectivity index (χ2n) is 10.2. The van der Waals surface area contributed by atoms with Gasteiger partial charge in [-0.05, 0) is 79.8 Å². The highest BCUT2D eigenvalue weighted by atomic mass is 16.2. The first-order valence-electron chi connectivity index (χ1n) is 13.5. The number of hydrogen-bond donors (Lipinski definition) is 3. The normalized spacial score (nSPS) is 15.8. The number of carbonyl (C=O) groups excluding carboxylic acids is 2. The quantitative estimate of drug-likeness (QED) is 0.345. The molecule has 37 heavy (non-hydrogen) atoms. The van der Waals surface area contributed by atoms with Crippen LogP contribution in [-0.4, -0.2) is 31.1 Å². The largest absolute Gasteiger partial charge is 0.371 e. The number of anilines is 3. The molecule has 1 saturated carbocycles. The van der Waals surface area contributed by atoms with Crippen molar-refractivity contribution < 1.29 is 9.59 Å². The Labute approximate surface area is 219 Å². The molecule has 0 atom stereocenters. The van der Waals surface area contributed by atoms with Crippen LogP contribution in [0, 0.1) is 5.92 Å². The summed E-state index contributed by atoms with van der Waals surface area (Å²) in [5.74, 6) is 0.585. The Morgan fingerprint density at radius 3 is 2.32 bits per heavy atom. The minimum Gasteiger partial charge on any atom is -0.371 e. The molecule has 2 aliphatic rings.